The summed E-state index contributed by atoms with van der Waals surface area (Å²) in [5, 5.41) is 3.34. The van der Waals surface area contributed by atoms with Gasteiger partial charge in [-0.05, 0) is 31.5 Å². The van der Waals surface area contributed by atoms with Gasteiger partial charge in [-0.2, -0.15) is 0 Å². The molecule has 1 aliphatic heterocycles. The number of carbonyl (C=O) groups excluding carboxylic acids is 1. The van der Waals surface area contributed by atoms with E-state index in [9.17, 15) is 9.59 Å². The summed E-state index contributed by atoms with van der Waals surface area (Å²) >= 11 is 0. The van der Waals surface area contributed by atoms with E-state index < -0.39 is 0 Å². The molecule has 2 aromatic carbocycles. The minimum Gasteiger partial charge on any atom is -0.439 e. The van der Waals surface area contributed by atoms with E-state index in [1.165, 1.54) is 0 Å². The van der Waals surface area contributed by atoms with Crippen LogP contribution in [-0.4, -0.2) is 37.7 Å². The van der Waals surface area contributed by atoms with Gasteiger partial charge in [-0.15, -0.1) is 0 Å². The number of rotatable bonds is 4. The fourth-order valence-electron chi connectivity index (χ4n) is 4.03. The van der Waals surface area contributed by atoms with Gasteiger partial charge < -0.3 is 14.1 Å². The summed E-state index contributed by atoms with van der Waals surface area (Å²) < 4.78 is 11.7. The average molecular weight is 393 g/mol. The summed E-state index contributed by atoms with van der Waals surface area (Å²) in [6.45, 7) is 5.87. The molecule has 2 heterocycles. The number of benzene rings is 2. The van der Waals surface area contributed by atoms with Crippen LogP contribution in [-0.2, 0) is 9.53 Å². The first-order valence-electron chi connectivity index (χ1n) is 9.91. The maximum absolute atomic E-state index is 13.2. The molecule has 2 atom stereocenters. The number of para-hydroxylation sites is 1. The quantitative estimate of drug-likeness (QED) is 0.712. The van der Waals surface area contributed by atoms with Crippen molar-refractivity contribution in [2.24, 2.45) is 0 Å². The van der Waals surface area contributed by atoms with Crippen LogP contribution in [0.2, 0.25) is 0 Å². The van der Waals surface area contributed by atoms with Crippen molar-refractivity contribution in [1.82, 2.24) is 0 Å². The highest BCUT2D eigenvalue weighted by Crippen LogP contribution is 2.28. The molecule has 1 aliphatic rings. The number of carbonyl (C=O) groups is 1. The summed E-state index contributed by atoms with van der Waals surface area (Å²) in [5.41, 5.74) is 1.38. The Balaban J connectivity index is 1.67. The van der Waals surface area contributed by atoms with Crippen molar-refractivity contribution < 1.29 is 18.8 Å². The molecular formula is C23H25N2O4+. The fourth-order valence-corrected chi connectivity index (χ4v) is 4.03. The lowest BCUT2D eigenvalue weighted by molar-refractivity contribution is -0.907. The monoisotopic (exact) mass is 393 g/mol. The molecule has 150 valence electrons. The highest BCUT2D eigenvalue weighted by Gasteiger charge is 2.28. The number of morpholine rings is 1. The number of anilines is 1. The lowest BCUT2D eigenvalue weighted by atomic mass is 10.0. The van der Waals surface area contributed by atoms with Crippen LogP contribution < -0.4 is 15.6 Å². The topological polar surface area (TPSA) is 73.0 Å². The van der Waals surface area contributed by atoms with Crippen LogP contribution in [0.4, 0.5) is 5.88 Å². The highest BCUT2D eigenvalue weighted by atomic mass is 16.5. The zero-order valence-corrected chi connectivity index (χ0v) is 16.6. The lowest BCUT2D eigenvalue weighted by Crippen LogP contribution is -3.16. The molecule has 6 heteroatoms. The van der Waals surface area contributed by atoms with Crippen LogP contribution in [0.15, 0.2) is 63.8 Å². The van der Waals surface area contributed by atoms with Gasteiger partial charge in [0.05, 0.1) is 10.9 Å². The number of ether oxygens (including phenoxy) is 1. The van der Waals surface area contributed by atoms with E-state index in [1.54, 1.807) is 24.3 Å². The van der Waals surface area contributed by atoms with Crippen LogP contribution in [0.5, 0.6) is 0 Å². The standard InChI is InChI=1S/C23H24N2O4/c1-15-12-25(13-16(2)28-15)14-20(26)24-23-21(17-8-4-3-5-9-17)22(27)18-10-6-7-11-19(18)29-23/h3-11,15-16H,12-14H2,1-2H3,(H,24,26)/p+1/t15-,16-/m0/s1. The molecule has 6 nitrogen and oxygen atoms in total. The van der Waals surface area contributed by atoms with Crippen LogP contribution >= 0.6 is 0 Å². The number of fused-ring (bicyclic) bond motifs is 1. The summed E-state index contributed by atoms with van der Waals surface area (Å²) in [4.78, 5) is 27.1. The highest BCUT2D eigenvalue weighted by molar-refractivity contribution is 5.96. The van der Waals surface area contributed by atoms with Gasteiger partial charge in [0.15, 0.2) is 6.54 Å². The second-order valence-electron chi connectivity index (χ2n) is 7.64. The van der Waals surface area contributed by atoms with Gasteiger partial charge in [-0.3, -0.25) is 14.9 Å². The van der Waals surface area contributed by atoms with E-state index in [4.69, 9.17) is 9.15 Å². The maximum Gasteiger partial charge on any atom is 0.281 e. The Labute approximate surface area is 169 Å². The summed E-state index contributed by atoms with van der Waals surface area (Å²) in [6, 6.07) is 16.4. The Morgan fingerprint density at radius 1 is 1.03 bits per heavy atom. The Kier molecular flexibility index (Phi) is 5.47. The molecule has 0 bridgehead atoms. The van der Waals surface area contributed by atoms with Crippen molar-refractivity contribution in [3.8, 4) is 11.1 Å². The SMILES string of the molecule is C[C@H]1C[NH+](CC(=O)Nc2oc3ccccc3c(=O)c2-c2ccccc2)C[C@H](C)O1. The van der Waals surface area contributed by atoms with Crippen molar-refractivity contribution in [2.45, 2.75) is 26.1 Å². The number of quaternary nitrogens is 1. The average Bonchev–Trinajstić information content (AvgIpc) is 2.68. The second kappa shape index (κ2) is 8.19. The third-order valence-corrected chi connectivity index (χ3v) is 5.14. The first-order chi connectivity index (χ1) is 14.0. The predicted molar refractivity (Wildman–Crippen MR) is 112 cm³/mol. The molecule has 1 aromatic heterocycles. The molecule has 0 spiro atoms. The molecular weight excluding hydrogens is 368 g/mol. The lowest BCUT2D eigenvalue weighted by Gasteiger charge is -2.31. The van der Waals surface area contributed by atoms with Crippen LogP contribution in [0.3, 0.4) is 0 Å². The van der Waals surface area contributed by atoms with Crippen molar-refractivity contribution in [3.05, 3.63) is 64.8 Å². The molecule has 0 saturated carbocycles. The van der Waals surface area contributed by atoms with Gasteiger partial charge in [0.1, 0.15) is 30.9 Å². The zero-order chi connectivity index (χ0) is 20.4. The molecule has 0 unspecified atom stereocenters. The van der Waals surface area contributed by atoms with Crippen molar-refractivity contribution in [3.63, 3.8) is 0 Å². The maximum atomic E-state index is 13.2. The number of hydrogen-bond acceptors (Lipinski definition) is 4. The van der Waals surface area contributed by atoms with Crippen LogP contribution in [0.1, 0.15) is 13.8 Å². The van der Waals surface area contributed by atoms with Gasteiger partial charge >= 0.3 is 0 Å². The molecule has 29 heavy (non-hydrogen) atoms. The Hall–Kier alpha value is -2.96. The molecule has 1 saturated heterocycles. The van der Waals surface area contributed by atoms with E-state index in [1.807, 2.05) is 44.2 Å². The smallest absolute Gasteiger partial charge is 0.281 e. The van der Waals surface area contributed by atoms with Gasteiger partial charge in [0.2, 0.25) is 11.3 Å². The van der Waals surface area contributed by atoms with Crippen molar-refractivity contribution >= 4 is 22.8 Å². The van der Waals surface area contributed by atoms with E-state index in [2.05, 4.69) is 5.32 Å². The summed E-state index contributed by atoms with van der Waals surface area (Å²) in [7, 11) is 0. The first-order valence-corrected chi connectivity index (χ1v) is 9.91. The normalized spacial score (nSPS) is 21.8. The van der Waals surface area contributed by atoms with E-state index in [-0.39, 0.29) is 29.4 Å². The van der Waals surface area contributed by atoms with E-state index in [0.29, 0.717) is 28.6 Å². The Morgan fingerprint density at radius 2 is 1.69 bits per heavy atom. The van der Waals surface area contributed by atoms with Crippen molar-refractivity contribution in [1.29, 1.82) is 0 Å². The molecule has 1 fully saturated rings. The van der Waals surface area contributed by atoms with Gasteiger partial charge in [0, 0.05) is 0 Å². The number of nitrogens with one attached hydrogen (secondary N) is 2. The summed E-state index contributed by atoms with van der Waals surface area (Å²) in [6.07, 6.45) is 0.222. The minimum atomic E-state index is -0.183. The van der Waals surface area contributed by atoms with E-state index in [0.717, 1.165) is 18.0 Å². The molecule has 4 rings (SSSR count). The van der Waals surface area contributed by atoms with E-state index >= 15 is 0 Å². The molecule has 0 radical (unpaired) electrons. The molecule has 2 N–H and O–H groups in total. The zero-order valence-electron chi connectivity index (χ0n) is 16.6. The third-order valence-electron chi connectivity index (χ3n) is 5.14. The largest absolute Gasteiger partial charge is 0.439 e. The first kappa shape index (κ1) is 19.4. The molecule has 1 amide bonds. The fraction of sp³-hybridized carbons (Fsp3) is 0.304. The molecule has 0 aliphatic carbocycles. The number of amides is 1. The second-order valence-corrected chi connectivity index (χ2v) is 7.64. The van der Waals surface area contributed by atoms with Crippen LogP contribution in [0, 0.1) is 0 Å². The Morgan fingerprint density at radius 3 is 2.41 bits per heavy atom. The Bertz CT molecular complexity index is 1070. The number of hydrogen-bond donors (Lipinski definition) is 2. The third kappa shape index (κ3) is 4.23. The van der Waals surface area contributed by atoms with Gasteiger partial charge in [0.25, 0.3) is 5.91 Å². The van der Waals surface area contributed by atoms with Gasteiger partial charge in [-0.1, -0.05) is 42.5 Å². The predicted octanol–water partition coefficient (Wildman–Crippen LogP) is 2.09. The summed E-state index contributed by atoms with van der Waals surface area (Å²) in [5.74, 6) is 0.00979. The van der Waals surface area contributed by atoms with Gasteiger partial charge in [-0.25, -0.2) is 0 Å². The van der Waals surface area contributed by atoms with Crippen molar-refractivity contribution in [2.75, 3.05) is 25.0 Å². The molecule has 3 aromatic rings. The minimum absolute atomic E-state index is 0.111. The van der Waals surface area contributed by atoms with Crippen LogP contribution in [0.25, 0.3) is 22.1 Å².